The lowest BCUT2D eigenvalue weighted by Gasteiger charge is -2.43. The smallest absolute Gasteiger partial charge is 0.249 e. The van der Waals surface area contributed by atoms with Crippen LogP contribution in [0.4, 0.5) is 4.39 Å². The lowest BCUT2D eigenvalue weighted by atomic mass is 9.90. The van der Waals surface area contributed by atoms with Gasteiger partial charge in [0.2, 0.25) is 11.8 Å². The van der Waals surface area contributed by atoms with E-state index in [1.807, 2.05) is 0 Å². The van der Waals surface area contributed by atoms with Gasteiger partial charge in [0.15, 0.2) is 0 Å². The van der Waals surface area contributed by atoms with Crippen LogP contribution >= 0.6 is 0 Å². The summed E-state index contributed by atoms with van der Waals surface area (Å²) in [4.78, 5) is 26.6. The second kappa shape index (κ2) is 5.13. The Morgan fingerprint density at radius 1 is 1.24 bits per heavy atom. The van der Waals surface area contributed by atoms with E-state index in [-0.39, 0.29) is 17.6 Å². The number of rotatable bonds is 2. The molecule has 3 rings (SSSR count). The summed E-state index contributed by atoms with van der Waals surface area (Å²) in [6, 6.07) is 5.57. The van der Waals surface area contributed by atoms with Gasteiger partial charge in [0.25, 0.3) is 0 Å². The van der Waals surface area contributed by atoms with E-state index in [2.05, 4.69) is 5.32 Å². The van der Waals surface area contributed by atoms with Crippen LogP contribution in [0.15, 0.2) is 24.3 Å². The van der Waals surface area contributed by atoms with Crippen molar-refractivity contribution >= 4 is 11.8 Å². The van der Waals surface area contributed by atoms with Crippen LogP contribution in [-0.2, 0) is 16.1 Å². The third-order valence-corrected chi connectivity index (χ3v) is 4.60. The minimum Gasteiger partial charge on any atom is -0.340 e. The molecule has 1 heterocycles. The second-order valence-electron chi connectivity index (χ2n) is 6.01. The Hall–Kier alpha value is -1.91. The van der Waals surface area contributed by atoms with Gasteiger partial charge in [0, 0.05) is 6.54 Å². The number of halogens is 1. The minimum absolute atomic E-state index is 0.00331. The maximum Gasteiger partial charge on any atom is 0.249 e. The zero-order valence-electron chi connectivity index (χ0n) is 12.1. The van der Waals surface area contributed by atoms with Crippen LogP contribution in [0.3, 0.4) is 0 Å². The van der Waals surface area contributed by atoms with Gasteiger partial charge in [0.05, 0.1) is 0 Å². The molecular weight excluding hydrogens is 271 g/mol. The molecule has 0 aromatic heterocycles. The average Bonchev–Trinajstić information content (AvgIpc) is 2.93. The monoisotopic (exact) mass is 290 g/mol. The number of carbonyl (C=O) groups excluding carboxylic acids is 2. The van der Waals surface area contributed by atoms with Crippen molar-refractivity contribution in [3.05, 3.63) is 35.6 Å². The summed E-state index contributed by atoms with van der Waals surface area (Å²) in [5, 5.41) is 2.93. The van der Waals surface area contributed by atoms with E-state index in [1.54, 1.807) is 24.0 Å². The Labute approximate surface area is 123 Å². The van der Waals surface area contributed by atoms with Crippen LogP contribution in [0.1, 0.15) is 38.2 Å². The Kier molecular flexibility index (Phi) is 3.43. The van der Waals surface area contributed by atoms with Crippen LogP contribution in [0.5, 0.6) is 0 Å². The van der Waals surface area contributed by atoms with Crippen molar-refractivity contribution in [3.8, 4) is 0 Å². The lowest BCUT2D eigenvalue weighted by molar-refractivity contribution is -0.154. The number of nitrogens with zero attached hydrogens (tertiary/aromatic N) is 1. The molecular formula is C16H19FN2O2. The van der Waals surface area contributed by atoms with E-state index >= 15 is 0 Å². The maximum absolute atomic E-state index is 13.0. The van der Waals surface area contributed by atoms with Crippen molar-refractivity contribution in [2.75, 3.05) is 0 Å². The summed E-state index contributed by atoms with van der Waals surface area (Å²) in [6.07, 6.45) is 3.35. The van der Waals surface area contributed by atoms with Gasteiger partial charge in [-0.2, -0.15) is 0 Å². The van der Waals surface area contributed by atoms with E-state index in [1.165, 1.54) is 12.1 Å². The van der Waals surface area contributed by atoms with Crippen molar-refractivity contribution in [2.45, 2.75) is 50.7 Å². The van der Waals surface area contributed by atoms with Gasteiger partial charge < -0.3 is 10.2 Å². The summed E-state index contributed by atoms with van der Waals surface area (Å²) in [6.45, 7) is 2.08. The number of hydrogen-bond donors (Lipinski definition) is 1. The molecule has 1 aliphatic carbocycles. The van der Waals surface area contributed by atoms with E-state index in [0.717, 1.165) is 18.4 Å². The van der Waals surface area contributed by atoms with Crippen LogP contribution in [0.2, 0.25) is 0 Å². The quantitative estimate of drug-likeness (QED) is 0.905. The summed E-state index contributed by atoms with van der Waals surface area (Å²) < 4.78 is 13.0. The number of nitrogens with one attached hydrogen (secondary N) is 1. The van der Waals surface area contributed by atoms with Crippen LogP contribution in [0.25, 0.3) is 0 Å². The molecule has 2 aliphatic rings. The van der Waals surface area contributed by atoms with E-state index in [9.17, 15) is 14.0 Å². The fourth-order valence-corrected chi connectivity index (χ4v) is 3.30. The molecule has 0 radical (unpaired) electrons. The van der Waals surface area contributed by atoms with Gasteiger partial charge in [-0.05, 0) is 37.5 Å². The summed E-state index contributed by atoms with van der Waals surface area (Å²) in [5.41, 5.74) is 0.128. The van der Waals surface area contributed by atoms with Gasteiger partial charge in [0.1, 0.15) is 17.4 Å². The molecule has 1 spiro atoms. The molecule has 1 unspecified atom stereocenters. The highest BCUT2D eigenvalue weighted by Gasteiger charge is 2.50. The highest BCUT2D eigenvalue weighted by atomic mass is 19.1. The summed E-state index contributed by atoms with van der Waals surface area (Å²) in [7, 11) is 0. The fourth-order valence-electron chi connectivity index (χ4n) is 3.30. The second-order valence-corrected chi connectivity index (χ2v) is 6.01. The van der Waals surface area contributed by atoms with Gasteiger partial charge >= 0.3 is 0 Å². The molecule has 1 aliphatic heterocycles. The molecule has 1 aromatic rings. The predicted molar refractivity (Wildman–Crippen MR) is 75.8 cm³/mol. The van der Waals surface area contributed by atoms with Gasteiger partial charge in [-0.25, -0.2) is 4.39 Å². The molecule has 112 valence electrons. The molecule has 1 atom stereocenters. The standard InChI is InChI=1S/C16H19FN2O2/c1-11-14(20)18-16(8-2-3-9-16)15(21)19(11)10-12-4-6-13(17)7-5-12/h4-7,11H,2-3,8-10H2,1H3,(H,18,20). The van der Waals surface area contributed by atoms with Crippen molar-refractivity contribution in [2.24, 2.45) is 0 Å². The average molecular weight is 290 g/mol. The highest BCUT2D eigenvalue weighted by Crippen LogP contribution is 2.35. The van der Waals surface area contributed by atoms with Crippen molar-refractivity contribution in [1.82, 2.24) is 10.2 Å². The van der Waals surface area contributed by atoms with Gasteiger partial charge in [-0.15, -0.1) is 0 Å². The summed E-state index contributed by atoms with van der Waals surface area (Å²) >= 11 is 0. The van der Waals surface area contributed by atoms with E-state index in [4.69, 9.17) is 0 Å². The Morgan fingerprint density at radius 3 is 2.48 bits per heavy atom. The number of benzene rings is 1. The van der Waals surface area contributed by atoms with Crippen molar-refractivity contribution in [1.29, 1.82) is 0 Å². The van der Waals surface area contributed by atoms with E-state index in [0.29, 0.717) is 19.4 Å². The van der Waals surface area contributed by atoms with Crippen LogP contribution in [0, 0.1) is 5.82 Å². The minimum atomic E-state index is -0.705. The lowest BCUT2D eigenvalue weighted by Crippen LogP contribution is -2.68. The third kappa shape index (κ3) is 2.41. The van der Waals surface area contributed by atoms with Crippen molar-refractivity contribution in [3.63, 3.8) is 0 Å². The first kappa shape index (κ1) is 14.0. The zero-order valence-corrected chi connectivity index (χ0v) is 12.1. The molecule has 21 heavy (non-hydrogen) atoms. The Bertz CT molecular complexity index is 564. The molecule has 1 saturated heterocycles. The molecule has 5 heteroatoms. The number of hydrogen-bond acceptors (Lipinski definition) is 2. The highest BCUT2D eigenvalue weighted by molar-refractivity contribution is 5.99. The predicted octanol–water partition coefficient (Wildman–Crippen LogP) is 1.99. The number of carbonyl (C=O) groups is 2. The normalized spacial score (nSPS) is 24.5. The van der Waals surface area contributed by atoms with Gasteiger partial charge in [-0.1, -0.05) is 25.0 Å². The Morgan fingerprint density at radius 2 is 1.86 bits per heavy atom. The summed E-state index contributed by atoms with van der Waals surface area (Å²) in [5.74, 6) is -0.406. The van der Waals surface area contributed by atoms with Crippen LogP contribution < -0.4 is 5.32 Å². The zero-order chi connectivity index (χ0) is 15.0. The Balaban J connectivity index is 1.86. The topological polar surface area (TPSA) is 49.4 Å². The number of amides is 2. The molecule has 1 N–H and O–H groups in total. The first-order valence-electron chi connectivity index (χ1n) is 7.39. The first-order chi connectivity index (χ1) is 10.0. The SMILES string of the molecule is CC1C(=O)NC2(CCCC2)C(=O)N1Cc1ccc(F)cc1. The van der Waals surface area contributed by atoms with Crippen molar-refractivity contribution < 1.29 is 14.0 Å². The van der Waals surface area contributed by atoms with Gasteiger partial charge in [-0.3, -0.25) is 9.59 Å². The molecule has 1 aromatic carbocycles. The fraction of sp³-hybridized carbons (Fsp3) is 0.500. The molecule has 2 fully saturated rings. The number of piperazine rings is 1. The maximum atomic E-state index is 13.0. The van der Waals surface area contributed by atoms with Crippen LogP contribution in [-0.4, -0.2) is 28.3 Å². The molecule has 4 nitrogen and oxygen atoms in total. The molecule has 1 saturated carbocycles. The van der Waals surface area contributed by atoms with E-state index < -0.39 is 11.6 Å². The first-order valence-corrected chi connectivity index (χ1v) is 7.39. The molecule has 0 bridgehead atoms. The largest absolute Gasteiger partial charge is 0.340 e. The molecule has 2 amide bonds. The third-order valence-electron chi connectivity index (χ3n) is 4.60.